The Hall–Kier alpha value is -4.32. The smallest absolute Gasteiger partial charge is 0.424 e. The van der Waals surface area contributed by atoms with Gasteiger partial charge in [-0.25, -0.2) is 33.0 Å². The molecule has 1 aromatic carbocycles. The molecule has 2 saturated heterocycles. The van der Waals surface area contributed by atoms with Crippen molar-refractivity contribution < 1.29 is 41.7 Å². The number of fused-ring (bicyclic) bond motifs is 2. The highest BCUT2D eigenvalue weighted by atomic mass is 32.2. The van der Waals surface area contributed by atoms with Crippen LogP contribution in [0.4, 0.5) is 21.1 Å². The van der Waals surface area contributed by atoms with Gasteiger partial charge < -0.3 is 29.4 Å². The summed E-state index contributed by atoms with van der Waals surface area (Å²) in [6.45, 7) is 13.0. The molecule has 0 unspecified atom stereocenters. The number of nitrogens with zero attached hydrogens (tertiary/aromatic N) is 5. The summed E-state index contributed by atoms with van der Waals surface area (Å²) in [6, 6.07) is 6.71. The number of rotatable bonds is 7. The Kier molecular flexibility index (Phi) is 9.19. The summed E-state index contributed by atoms with van der Waals surface area (Å²) in [6.07, 6.45) is -1.38. The summed E-state index contributed by atoms with van der Waals surface area (Å²) in [7, 11) is -4.44. The number of carbonyl (C=O) groups excluding carboxylic acids is 2. The van der Waals surface area contributed by atoms with Gasteiger partial charge in [-0.05, 0) is 73.1 Å². The molecule has 17 heteroatoms. The van der Waals surface area contributed by atoms with Gasteiger partial charge in [0.15, 0.2) is 29.0 Å². The van der Waals surface area contributed by atoms with Crippen LogP contribution in [0.5, 0.6) is 0 Å². The third kappa shape index (κ3) is 7.86. The number of imidazole rings is 1. The van der Waals surface area contributed by atoms with Crippen molar-refractivity contribution in [1.82, 2.24) is 23.8 Å². The van der Waals surface area contributed by atoms with Crippen molar-refractivity contribution in [2.24, 2.45) is 0 Å². The molecule has 4 heterocycles. The molecule has 0 aliphatic carbocycles. The molecule has 0 bridgehead atoms. The summed E-state index contributed by atoms with van der Waals surface area (Å²) in [5.41, 5.74) is 5.59. The minimum absolute atomic E-state index is 0.107. The molecule has 2 aromatic heterocycles. The second-order valence-corrected chi connectivity index (χ2v) is 15.5. The number of ether oxygens (including phenoxy) is 5. The first-order valence-corrected chi connectivity index (χ1v) is 16.7. The number of nitrogens with one attached hydrogen (secondary N) is 1. The molecule has 260 valence electrons. The molecule has 0 radical (unpaired) electrons. The molecule has 2 amide bonds. The van der Waals surface area contributed by atoms with Crippen molar-refractivity contribution in [1.29, 1.82) is 0 Å². The Morgan fingerprint density at radius 2 is 1.71 bits per heavy atom. The standard InChI is InChI=1S/C31H41N7O9S/c1-29(2,3)46-27(39)36-24-21-25(34-16-33-24)37(17-35-21)26-23-22(44-31(7,8)45-23)20(43-26)15-38(28(40)47-30(4,5)6)48(41,42)14-13-18-11-9-10-12-19(18)32/h9-14,16-17,20,22-23,26H,15,32H2,1-8H3,(H,33,34,36,39)/b14-13+/t20-,22-,23-,26-/m1/s1. The van der Waals surface area contributed by atoms with E-state index in [1.54, 1.807) is 84.2 Å². The highest BCUT2D eigenvalue weighted by Gasteiger charge is 2.57. The first kappa shape index (κ1) is 35.0. The second kappa shape index (κ2) is 12.6. The lowest BCUT2D eigenvalue weighted by molar-refractivity contribution is -0.196. The van der Waals surface area contributed by atoms with Crippen LogP contribution >= 0.6 is 0 Å². The van der Waals surface area contributed by atoms with Gasteiger partial charge in [-0.15, -0.1) is 0 Å². The van der Waals surface area contributed by atoms with E-state index >= 15 is 0 Å². The Balaban J connectivity index is 1.47. The molecule has 3 N–H and O–H groups in total. The van der Waals surface area contributed by atoms with Crippen molar-refractivity contribution in [3.05, 3.63) is 47.9 Å². The number of hydrogen-bond acceptors (Lipinski definition) is 13. The van der Waals surface area contributed by atoms with Crippen LogP contribution in [0, 0.1) is 0 Å². The first-order chi connectivity index (χ1) is 22.2. The third-order valence-corrected chi connectivity index (χ3v) is 8.44. The molecule has 3 aromatic rings. The normalized spacial score (nSPS) is 22.5. The zero-order chi connectivity index (χ0) is 35.2. The van der Waals surface area contributed by atoms with Crippen molar-refractivity contribution >= 4 is 51.0 Å². The quantitative estimate of drug-likeness (QED) is 0.331. The van der Waals surface area contributed by atoms with E-state index in [1.165, 1.54) is 18.7 Å². The van der Waals surface area contributed by atoms with Crippen LogP contribution in [0.15, 0.2) is 42.3 Å². The maximum atomic E-state index is 13.7. The Morgan fingerprint density at radius 3 is 2.38 bits per heavy atom. The number of nitrogen functional groups attached to an aromatic ring is 1. The fourth-order valence-corrected chi connectivity index (χ4v) is 6.28. The molecular weight excluding hydrogens is 646 g/mol. The number of para-hydroxylation sites is 1. The molecule has 2 aliphatic rings. The number of aromatic nitrogens is 4. The first-order valence-electron chi connectivity index (χ1n) is 15.2. The molecule has 0 saturated carbocycles. The average molecular weight is 688 g/mol. The predicted octanol–water partition coefficient (Wildman–Crippen LogP) is 4.41. The maximum absolute atomic E-state index is 13.7. The summed E-state index contributed by atoms with van der Waals surface area (Å²) in [4.78, 5) is 38.8. The summed E-state index contributed by atoms with van der Waals surface area (Å²) in [5, 5.41) is 3.48. The number of sulfonamides is 1. The van der Waals surface area contributed by atoms with Crippen LogP contribution in [0.2, 0.25) is 0 Å². The molecule has 2 aliphatic heterocycles. The third-order valence-electron chi connectivity index (χ3n) is 7.04. The van der Waals surface area contributed by atoms with Gasteiger partial charge in [0.05, 0.1) is 18.3 Å². The minimum atomic E-state index is -4.44. The topological polar surface area (TPSA) is 199 Å². The lowest BCUT2D eigenvalue weighted by Gasteiger charge is -2.29. The summed E-state index contributed by atoms with van der Waals surface area (Å²) < 4.78 is 59.3. The van der Waals surface area contributed by atoms with E-state index in [1.807, 2.05) is 0 Å². The van der Waals surface area contributed by atoms with Gasteiger partial charge in [0.2, 0.25) is 0 Å². The van der Waals surface area contributed by atoms with Crippen molar-refractivity contribution in [2.45, 2.75) is 96.9 Å². The van der Waals surface area contributed by atoms with Gasteiger partial charge >= 0.3 is 12.2 Å². The number of amides is 2. The van der Waals surface area contributed by atoms with Gasteiger partial charge in [0.1, 0.15) is 35.8 Å². The number of nitrogens with two attached hydrogens (primary N) is 1. The van der Waals surface area contributed by atoms with Gasteiger partial charge in [-0.3, -0.25) is 9.88 Å². The molecule has 48 heavy (non-hydrogen) atoms. The molecule has 2 fully saturated rings. The maximum Gasteiger partial charge on any atom is 0.424 e. The SMILES string of the molecule is CC(C)(C)OC(=O)Nc1ncnc2c1ncn2[C@@H]1O[C@H](CN(C(=O)OC(C)(C)C)S(=O)(=O)/C=C/c2ccccc2N)[C@H]2OC(C)(C)O[C@H]21. The molecule has 0 spiro atoms. The van der Waals surface area contributed by atoms with Crippen LogP contribution in [0.3, 0.4) is 0 Å². The molecule has 16 nitrogen and oxygen atoms in total. The van der Waals surface area contributed by atoms with Crippen LogP contribution in [0.25, 0.3) is 17.2 Å². The average Bonchev–Trinajstić information content (AvgIpc) is 3.60. The molecule has 5 rings (SSSR count). The highest BCUT2D eigenvalue weighted by molar-refractivity contribution is 7.92. The van der Waals surface area contributed by atoms with Crippen molar-refractivity contribution in [3.63, 3.8) is 0 Å². The Bertz CT molecular complexity index is 1830. The lowest BCUT2D eigenvalue weighted by atomic mass is 10.1. The molecule has 4 atom stereocenters. The van der Waals surface area contributed by atoms with E-state index in [0.29, 0.717) is 15.6 Å². The van der Waals surface area contributed by atoms with E-state index in [-0.39, 0.29) is 17.0 Å². The summed E-state index contributed by atoms with van der Waals surface area (Å²) >= 11 is 0. The predicted molar refractivity (Wildman–Crippen MR) is 175 cm³/mol. The van der Waals surface area contributed by atoms with Crippen molar-refractivity contribution in [2.75, 3.05) is 17.6 Å². The zero-order valence-corrected chi connectivity index (χ0v) is 28.8. The molecular formula is C31H41N7O9S. The van der Waals surface area contributed by atoms with Crippen LogP contribution in [-0.4, -0.2) is 86.3 Å². The van der Waals surface area contributed by atoms with Crippen LogP contribution < -0.4 is 11.1 Å². The van der Waals surface area contributed by atoms with E-state index in [2.05, 4.69) is 20.3 Å². The Labute approximate surface area is 278 Å². The fourth-order valence-electron chi connectivity index (χ4n) is 5.21. The Morgan fingerprint density at radius 1 is 1.04 bits per heavy atom. The van der Waals surface area contributed by atoms with E-state index < -0.39 is 70.3 Å². The van der Waals surface area contributed by atoms with E-state index in [9.17, 15) is 18.0 Å². The van der Waals surface area contributed by atoms with Gasteiger partial charge in [-0.2, -0.15) is 4.31 Å². The number of benzene rings is 1. The highest BCUT2D eigenvalue weighted by Crippen LogP contribution is 2.44. The monoisotopic (exact) mass is 687 g/mol. The summed E-state index contributed by atoms with van der Waals surface area (Å²) in [5.74, 6) is -0.971. The zero-order valence-electron chi connectivity index (χ0n) is 28.0. The minimum Gasteiger partial charge on any atom is -0.444 e. The number of anilines is 2. The number of carbonyl (C=O) groups is 2. The van der Waals surface area contributed by atoms with Gasteiger partial charge in [0.25, 0.3) is 10.0 Å². The van der Waals surface area contributed by atoms with Crippen LogP contribution in [-0.2, 0) is 33.7 Å². The van der Waals surface area contributed by atoms with E-state index in [4.69, 9.17) is 29.4 Å². The van der Waals surface area contributed by atoms with Gasteiger partial charge in [-0.1, -0.05) is 18.2 Å². The fraction of sp³-hybridized carbons (Fsp3) is 0.516. The van der Waals surface area contributed by atoms with Crippen LogP contribution in [0.1, 0.15) is 67.2 Å². The van der Waals surface area contributed by atoms with Crippen molar-refractivity contribution in [3.8, 4) is 0 Å². The van der Waals surface area contributed by atoms with E-state index in [0.717, 1.165) is 5.41 Å². The number of hydrogen-bond donors (Lipinski definition) is 2. The lowest BCUT2D eigenvalue weighted by Crippen LogP contribution is -2.46. The largest absolute Gasteiger partial charge is 0.444 e. The second-order valence-electron chi connectivity index (χ2n) is 13.8. The van der Waals surface area contributed by atoms with Gasteiger partial charge in [0, 0.05) is 5.69 Å².